The quantitative estimate of drug-likeness (QED) is 0.520. The summed E-state index contributed by atoms with van der Waals surface area (Å²) < 4.78 is 0. The normalized spacial score (nSPS) is 34.5. The standard InChI is InChI=1S/C26H23NO/c28-27-19-11-10-16-14-18(9-8-17(16)15-19)20-12-13-25-22-5-2-1-4-21(22)24-7-3-6-23(20)26(24)25/h1-7,12-15,21-23,26H,8-11H2. The average molecular weight is 365 g/mol. The molecule has 2 nitrogen and oxygen atoms in total. The maximum absolute atomic E-state index is 10.9. The summed E-state index contributed by atoms with van der Waals surface area (Å²) in [4.78, 5) is 10.9. The van der Waals surface area contributed by atoms with Gasteiger partial charge in [-0.1, -0.05) is 71.9 Å². The maximum atomic E-state index is 10.9. The van der Waals surface area contributed by atoms with Gasteiger partial charge in [-0.15, -0.1) is 4.91 Å². The smallest absolute Gasteiger partial charge is 0.0855 e. The van der Waals surface area contributed by atoms with Gasteiger partial charge in [0.15, 0.2) is 0 Å². The van der Waals surface area contributed by atoms with E-state index in [0.29, 0.717) is 29.4 Å². The van der Waals surface area contributed by atoms with E-state index in [9.17, 15) is 4.91 Å². The molecule has 0 amide bonds. The Hall–Kier alpha value is -2.74. The third kappa shape index (κ3) is 2.27. The van der Waals surface area contributed by atoms with Crippen LogP contribution in [0.25, 0.3) is 0 Å². The van der Waals surface area contributed by atoms with Gasteiger partial charge in [-0.25, -0.2) is 0 Å². The molecule has 2 heteroatoms. The van der Waals surface area contributed by atoms with Gasteiger partial charge in [-0.3, -0.25) is 0 Å². The van der Waals surface area contributed by atoms with Crippen LogP contribution in [0.1, 0.15) is 25.7 Å². The molecule has 0 radical (unpaired) electrons. The third-order valence-corrected chi connectivity index (χ3v) is 7.31. The van der Waals surface area contributed by atoms with Crippen LogP contribution >= 0.6 is 0 Å². The van der Waals surface area contributed by atoms with Crippen molar-refractivity contribution >= 4 is 0 Å². The van der Waals surface area contributed by atoms with Gasteiger partial charge in [0.05, 0.1) is 5.70 Å². The van der Waals surface area contributed by atoms with Gasteiger partial charge >= 0.3 is 0 Å². The highest BCUT2D eigenvalue weighted by atomic mass is 16.3. The van der Waals surface area contributed by atoms with Gasteiger partial charge in [0.2, 0.25) is 0 Å². The summed E-state index contributed by atoms with van der Waals surface area (Å²) in [6, 6.07) is 0. The van der Waals surface area contributed by atoms with Crippen molar-refractivity contribution in [1.82, 2.24) is 0 Å². The molecule has 6 aliphatic carbocycles. The van der Waals surface area contributed by atoms with Crippen LogP contribution in [0.2, 0.25) is 0 Å². The molecule has 0 saturated heterocycles. The Kier molecular flexibility index (Phi) is 3.56. The Labute approximate surface area is 165 Å². The highest BCUT2D eigenvalue weighted by Crippen LogP contribution is 2.56. The molecule has 0 spiro atoms. The first-order valence-electron chi connectivity index (χ1n) is 10.5. The Bertz CT molecular complexity index is 1050. The molecule has 0 aromatic carbocycles. The highest BCUT2D eigenvalue weighted by molar-refractivity contribution is 5.58. The number of fused-ring (bicyclic) bond motifs is 3. The summed E-state index contributed by atoms with van der Waals surface area (Å²) >= 11 is 0. The zero-order valence-corrected chi connectivity index (χ0v) is 15.8. The Morgan fingerprint density at radius 3 is 2.25 bits per heavy atom. The van der Waals surface area contributed by atoms with Gasteiger partial charge in [0.1, 0.15) is 0 Å². The average Bonchev–Trinajstić information content (AvgIpc) is 3.09. The SMILES string of the molecule is O=NC1=CC2=C(C=C(C3=CC=C4C5C=CC=CC5C5=CC=CC3C54)CC2)CC1. The second-order valence-electron chi connectivity index (χ2n) is 8.61. The van der Waals surface area contributed by atoms with E-state index >= 15 is 0 Å². The Morgan fingerprint density at radius 1 is 0.714 bits per heavy atom. The molecule has 28 heavy (non-hydrogen) atoms. The molecule has 0 aliphatic heterocycles. The van der Waals surface area contributed by atoms with Crippen LogP contribution in [0.3, 0.4) is 0 Å². The van der Waals surface area contributed by atoms with Crippen LogP contribution < -0.4 is 0 Å². The van der Waals surface area contributed by atoms with Crippen molar-refractivity contribution in [3.63, 3.8) is 0 Å². The van der Waals surface area contributed by atoms with E-state index in [1.807, 2.05) is 6.08 Å². The van der Waals surface area contributed by atoms with Crippen LogP contribution in [0.15, 0.2) is 111 Å². The zero-order chi connectivity index (χ0) is 18.7. The predicted octanol–water partition coefficient (Wildman–Crippen LogP) is 6.41. The number of allylic oxidation sites excluding steroid dienone is 18. The van der Waals surface area contributed by atoms with Crippen molar-refractivity contribution in [3.05, 3.63) is 111 Å². The molecule has 0 aromatic rings. The van der Waals surface area contributed by atoms with E-state index in [0.717, 1.165) is 25.7 Å². The van der Waals surface area contributed by atoms with E-state index in [1.54, 1.807) is 11.1 Å². The summed E-state index contributed by atoms with van der Waals surface area (Å²) in [5, 5.41) is 3.17. The molecule has 0 heterocycles. The van der Waals surface area contributed by atoms with Crippen LogP contribution in [-0.2, 0) is 0 Å². The summed E-state index contributed by atoms with van der Waals surface area (Å²) in [5.41, 5.74) is 9.60. The van der Waals surface area contributed by atoms with Crippen LogP contribution in [-0.4, -0.2) is 0 Å². The predicted molar refractivity (Wildman–Crippen MR) is 113 cm³/mol. The topological polar surface area (TPSA) is 29.4 Å². The molecule has 6 rings (SSSR count). The third-order valence-electron chi connectivity index (χ3n) is 7.31. The lowest BCUT2D eigenvalue weighted by Crippen LogP contribution is -2.22. The summed E-state index contributed by atoms with van der Waals surface area (Å²) in [6.45, 7) is 0. The number of rotatable bonds is 2. The maximum Gasteiger partial charge on any atom is 0.0855 e. The van der Waals surface area contributed by atoms with Crippen molar-refractivity contribution in [1.29, 1.82) is 0 Å². The number of hydrogen-bond acceptors (Lipinski definition) is 2. The minimum absolute atomic E-state index is 0.465. The van der Waals surface area contributed by atoms with Crippen molar-refractivity contribution < 1.29 is 0 Å². The Balaban J connectivity index is 1.40. The lowest BCUT2D eigenvalue weighted by molar-refractivity contribution is 0.576. The molecular formula is C26H23NO. The molecule has 4 atom stereocenters. The monoisotopic (exact) mass is 365 g/mol. The molecule has 1 saturated carbocycles. The van der Waals surface area contributed by atoms with Crippen molar-refractivity contribution in [2.45, 2.75) is 25.7 Å². The van der Waals surface area contributed by atoms with E-state index in [-0.39, 0.29) is 0 Å². The second-order valence-corrected chi connectivity index (χ2v) is 8.61. The largest absolute Gasteiger partial charge is 0.145 e. The molecule has 4 unspecified atom stereocenters. The summed E-state index contributed by atoms with van der Waals surface area (Å²) in [5.74, 6) is 2.07. The fourth-order valence-electron chi connectivity index (χ4n) is 6.03. The fraction of sp³-hybridized carbons (Fsp3) is 0.308. The number of hydrogen-bond donors (Lipinski definition) is 0. The summed E-state index contributed by atoms with van der Waals surface area (Å²) in [7, 11) is 0. The van der Waals surface area contributed by atoms with Crippen molar-refractivity contribution in [3.8, 4) is 0 Å². The molecule has 1 fully saturated rings. The molecule has 0 N–H and O–H groups in total. The van der Waals surface area contributed by atoms with Gasteiger partial charge in [0.25, 0.3) is 0 Å². The zero-order valence-electron chi connectivity index (χ0n) is 15.8. The molecule has 0 bridgehead atoms. The molecule has 6 aliphatic rings. The first-order chi connectivity index (χ1) is 13.8. The number of nitroso groups, excluding NO2 is 1. The van der Waals surface area contributed by atoms with Gasteiger partial charge in [-0.2, -0.15) is 0 Å². The van der Waals surface area contributed by atoms with Crippen molar-refractivity contribution in [2.24, 2.45) is 28.8 Å². The van der Waals surface area contributed by atoms with E-state index in [2.05, 4.69) is 65.9 Å². The van der Waals surface area contributed by atoms with E-state index in [4.69, 9.17) is 0 Å². The molecule has 138 valence electrons. The van der Waals surface area contributed by atoms with Crippen LogP contribution in [0, 0.1) is 28.6 Å². The lowest BCUT2D eigenvalue weighted by atomic mass is 9.70. The molecule has 0 aromatic heterocycles. The van der Waals surface area contributed by atoms with Gasteiger partial charge < -0.3 is 0 Å². The Morgan fingerprint density at radius 2 is 1.43 bits per heavy atom. The molecular weight excluding hydrogens is 342 g/mol. The van der Waals surface area contributed by atoms with Gasteiger partial charge in [0, 0.05) is 23.7 Å². The first-order valence-corrected chi connectivity index (χ1v) is 10.5. The van der Waals surface area contributed by atoms with Crippen LogP contribution in [0.5, 0.6) is 0 Å². The van der Waals surface area contributed by atoms with E-state index < -0.39 is 0 Å². The van der Waals surface area contributed by atoms with Crippen molar-refractivity contribution in [2.75, 3.05) is 0 Å². The second kappa shape index (κ2) is 6.13. The minimum atomic E-state index is 0.465. The van der Waals surface area contributed by atoms with Gasteiger partial charge in [-0.05, 0) is 59.2 Å². The summed E-state index contributed by atoms with van der Waals surface area (Å²) in [6.07, 6.45) is 29.3. The highest BCUT2D eigenvalue weighted by Gasteiger charge is 2.46. The lowest BCUT2D eigenvalue weighted by Gasteiger charge is -2.34. The fourth-order valence-corrected chi connectivity index (χ4v) is 6.03. The number of nitrogens with zero attached hydrogens (tertiary/aromatic N) is 1. The first kappa shape index (κ1) is 16.2. The van der Waals surface area contributed by atoms with E-state index in [1.165, 1.54) is 22.3 Å². The minimum Gasteiger partial charge on any atom is -0.145 e. The van der Waals surface area contributed by atoms with Crippen LogP contribution in [0.4, 0.5) is 0 Å².